The Kier molecular flexibility index (Phi) is 3.95. The average Bonchev–Trinajstić information content (AvgIpc) is 2.46. The molecule has 0 saturated carbocycles. The van der Waals surface area contributed by atoms with Crippen LogP contribution in [0.25, 0.3) is 11.1 Å². The van der Waals surface area contributed by atoms with Crippen molar-refractivity contribution in [3.63, 3.8) is 0 Å². The first kappa shape index (κ1) is 13.3. The number of rotatable bonds is 4. The van der Waals surface area contributed by atoms with Crippen LogP contribution in [0.15, 0.2) is 48.8 Å². The molecule has 0 aliphatic rings. The normalized spacial score (nSPS) is 10.5. The molecule has 1 aromatic heterocycles. The smallest absolute Gasteiger partial charge is 0.223 e. The number of aromatic nitrogens is 1. The number of hydrogen-bond acceptors (Lipinski definition) is 2. The van der Waals surface area contributed by atoms with E-state index in [2.05, 4.69) is 0 Å². The van der Waals surface area contributed by atoms with Gasteiger partial charge in [-0.25, -0.2) is 0 Å². The van der Waals surface area contributed by atoms with Crippen molar-refractivity contribution in [2.75, 3.05) is 7.11 Å². The van der Waals surface area contributed by atoms with Gasteiger partial charge in [0.1, 0.15) is 7.11 Å². The van der Waals surface area contributed by atoms with E-state index in [-0.39, 0.29) is 11.7 Å². The topological polar surface area (TPSA) is 30.2 Å². The zero-order valence-corrected chi connectivity index (χ0v) is 11.5. The Balaban J connectivity index is 2.24. The van der Waals surface area contributed by atoms with E-state index in [0.717, 1.165) is 16.7 Å². The van der Waals surface area contributed by atoms with Gasteiger partial charge in [-0.15, -0.1) is 0 Å². The Hall–Kier alpha value is -2.16. The van der Waals surface area contributed by atoms with E-state index in [9.17, 15) is 4.79 Å². The van der Waals surface area contributed by atoms with Crippen molar-refractivity contribution in [2.24, 2.45) is 5.92 Å². The quantitative estimate of drug-likeness (QED) is 0.621. The van der Waals surface area contributed by atoms with E-state index < -0.39 is 0 Å². The van der Waals surface area contributed by atoms with Crippen LogP contribution >= 0.6 is 0 Å². The minimum Gasteiger partial charge on any atom is -0.294 e. The van der Waals surface area contributed by atoms with Gasteiger partial charge >= 0.3 is 0 Å². The molecule has 2 aromatic rings. The first-order valence-electron chi connectivity index (χ1n) is 6.32. The largest absolute Gasteiger partial charge is 0.294 e. The molecule has 0 bridgehead atoms. The van der Waals surface area contributed by atoms with Gasteiger partial charge in [-0.2, -0.15) is 0 Å². The van der Waals surface area contributed by atoms with Crippen LogP contribution in [-0.2, 0) is 0 Å². The van der Waals surface area contributed by atoms with Gasteiger partial charge in [-0.3, -0.25) is 9.63 Å². The third kappa shape index (κ3) is 2.99. The third-order valence-corrected chi connectivity index (χ3v) is 3.04. The highest BCUT2D eigenvalue weighted by Crippen LogP contribution is 2.19. The maximum Gasteiger partial charge on any atom is 0.223 e. The molecule has 19 heavy (non-hydrogen) atoms. The van der Waals surface area contributed by atoms with Crippen LogP contribution in [0.2, 0.25) is 0 Å². The van der Waals surface area contributed by atoms with Crippen molar-refractivity contribution in [1.29, 1.82) is 0 Å². The van der Waals surface area contributed by atoms with Crippen LogP contribution in [0.4, 0.5) is 0 Å². The second kappa shape index (κ2) is 5.65. The van der Waals surface area contributed by atoms with Gasteiger partial charge in [0.2, 0.25) is 12.4 Å². The summed E-state index contributed by atoms with van der Waals surface area (Å²) in [6.45, 7) is 3.83. The van der Waals surface area contributed by atoms with E-state index in [4.69, 9.17) is 4.84 Å². The molecular formula is C16H18NO2+. The average molecular weight is 256 g/mol. The number of hydrogen-bond donors (Lipinski definition) is 0. The van der Waals surface area contributed by atoms with E-state index in [1.807, 2.05) is 62.6 Å². The Morgan fingerprint density at radius 3 is 2.00 bits per heavy atom. The van der Waals surface area contributed by atoms with Crippen LogP contribution in [0, 0.1) is 5.92 Å². The van der Waals surface area contributed by atoms with Gasteiger partial charge in [0, 0.05) is 28.3 Å². The van der Waals surface area contributed by atoms with Crippen molar-refractivity contribution in [3.8, 4) is 11.1 Å². The molecule has 3 heteroatoms. The summed E-state index contributed by atoms with van der Waals surface area (Å²) in [6, 6.07) is 11.7. The van der Waals surface area contributed by atoms with Gasteiger partial charge in [-0.05, 0) is 11.1 Å². The Morgan fingerprint density at radius 2 is 1.53 bits per heavy atom. The predicted molar refractivity (Wildman–Crippen MR) is 73.7 cm³/mol. The lowest BCUT2D eigenvalue weighted by atomic mass is 9.98. The molecule has 0 aliphatic heterocycles. The SMILES string of the molecule is CO[n+]1ccc(-c2ccc(C(=O)C(C)C)cc2)cc1. The van der Waals surface area contributed by atoms with Crippen LogP contribution in [0.1, 0.15) is 24.2 Å². The highest BCUT2D eigenvalue weighted by Gasteiger charge is 2.10. The third-order valence-electron chi connectivity index (χ3n) is 3.04. The second-order valence-corrected chi connectivity index (χ2v) is 4.73. The molecule has 3 nitrogen and oxygen atoms in total. The van der Waals surface area contributed by atoms with Crippen LogP contribution < -0.4 is 9.57 Å². The summed E-state index contributed by atoms with van der Waals surface area (Å²) in [5.74, 6) is 0.208. The fourth-order valence-electron chi connectivity index (χ4n) is 1.89. The summed E-state index contributed by atoms with van der Waals surface area (Å²) in [7, 11) is 1.62. The Labute approximate surface area is 113 Å². The molecule has 0 saturated heterocycles. The minimum atomic E-state index is 0.0308. The molecule has 98 valence electrons. The van der Waals surface area contributed by atoms with E-state index in [1.165, 1.54) is 0 Å². The fourth-order valence-corrected chi connectivity index (χ4v) is 1.89. The molecule has 0 radical (unpaired) electrons. The summed E-state index contributed by atoms with van der Waals surface area (Å²) in [4.78, 5) is 16.9. The van der Waals surface area contributed by atoms with E-state index in [0.29, 0.717) is 0 Å². The van der Waals surface area contributed by atoms with Crippen molar-refractivity contribution in [2.45, 2.75) is 13.8 Å². The molecule has 0 fully saturated rings. The van der Waals surface area contributed by atoms with Crippen LogP contribution in [0.5, 0.6) is 0 Å². The molecule has 0 spiro atoms. The van der Waals surface area contributed by atoms with E-state index >= 15 is 0 Å². The van der Waals surface area contributed by atoms with Crippen molar-refractivity contribution < 1.29 is 14.4 Å². The monoisotopic (exact) mass is 256 g/mol. The first-order valence-corrected chi connectivity index (χ1v) is 6.32. The molecule has 0 unspecified atom stereocenters. The zero-order valence-electron chi connectivity index (χ0n) is 11.5. The maximum absolute atomic E-state index is 11.9. The molecular weight excluding hydrogens is 238 g/mol. The number of nitrogens with zero attached hydrogens (tertiary/aromatic N) is 1. The summed E-state index contributed by atoms with van der Waals surface area (Å²) >= 11 is 0. The van der Waals surface area contributed by atoms with Gasteiger partial charge in [0.05, 0.1) is 0 Å². The molecule has 0 amide bonds. The summed E-state index contributed by atoms with van der Waals surface area (Å²) in [6.07, 6.45) is 3.70. The molecule has 1 heterocycles. The summed E-state index contributed by atoms with van der Waals surface area (Å²) in [5, 5.41) is 0. The highest BCUT2D eigenvalue weighted by molar-refractivity contribution is 5.97. The lowest BCUT2D eigenvalue weighted by Crippen LogP contribution is -2.39. The minimum absolute atomic E-state index is 0.0308. The number of Topliss-reactive ketones (excluding diaryl/α,β-unsaturated/α-hetero) is 1. The Morgan fingerprint density at radius 1 is 1.00 bits per heavy atom. The molecule has 0 aliphatic carbocycles. The van der Waals surface area contributed by atoms with Crippen LogP contribution in [0.3, 0.4) is 0 Å². The van der Waals surface area contributed by atoms with Crippen LogP contribution in [-0.4, -0.2) is 12.9 Å². The fraction of sp³-hybridized carbons (Fsp3) is 0.250. The number of carbonyl (C=O) groups excluding carboxylic acids is 1. The van der Waals surface area contributed by atoms with Gasteiger partial charge in [0.25, 0.3) is 0 Å². The number of pyridine rings is 1. The predicted octanol–water partition coefficient (Wildman–Crippen LogP) is 2.54. The lowest BCUT2D eigenvalue weighted by Gasteiger charge is -2.05. The first-order chi connectivity index (χ1) is 9.11. The van der Waals surface area contributed by atoms with Crippen molar-refractivity contribution >= 4 is 5.78 Å². The lowest BCUT2D eigenvalue weighted by molar-refractivity contribution is -0.885. The second-order valence-electron chi connectivity index (χ2n) is 4.73. The molecule has 0 N–H and O–H groups in total. The standard InChI is InChI=1S/C16H18NO2/c1-12(2)16(18)15-6-4-13(5-7-15)14-8-10-17(19-3)11-9-14/h4-12H,1-3H3/q+1. The van der Waals surface area contributed by atoms with Gasteiger partial charge in [0.15, 0.2) is 5.78 Å². The number of carbonyl (C=O) groups is 1. The highest BCUT2D eigenvalue weighted by atomic mass is 16.6. The van der Waals surface area contributed by atoms with Crippen molar-refractivity contribution in [1.82, 2.24) is 0 Å². The summed E-state index contributed by atoms with van der Waals surface area (Å²) in [5.41, 5.74) is 2.95. The molecule has 2 rings (SSSR count). The molecule has 0 atom stereocenters. The molecule has 1 aromatic carbocycles. The van der Waals surface area contributed by atoms with Gasteiger partial charge < -0.3 is 0 Å². The van der Waals surface area contributed by atoms with E-state index in [1.54, 1.807) is 11.8 Å². The number of ketones is 1. The Bertz CT molecular complexity index is 556. The number of benzene rings is 1. The summed E-state index contributed by atoms with van der Waals surface area (Å²) < 4.78 is 1.63. The van der Waals surface area contributed by atoms with Gasteiger partial charge in [-0.1, -0.05) is 38.1 Å². The zero-order chi connectivity index (χ0) is 13.8. The van der Waals surface area contributed by atoms with Crippen molar-refractivity contribution in [3.05, 3.63) is 54.4 Å². The maximum atomic E-state index is 11.9.